The molecule has 17 heavy (non-hydrogen) atoms. The van der Waals surface area contributed by atoms with Gasteiger partial charge in [0.1, 0.15) is 4.90 Å². The highest BCUT2D eigenvalue weighted by molar-refractivity contribution is 7.89. The second kappa shape index (κ2) is 5.16. The molecule has 1 unspecified atom stereocenters. The summed E-state index contributed by atoms with van der Waals surface area (Å²) in [6.45, 7) is 3.52. The van der Waals surface area contributed by atoms with Gasteiger partial charge in [0.15, 0.2) is 0 Å². The first-order chi connectivity index (χ1) is 8.09. The van der Waals surface area contributed by atoms with Crippen molar-refractivity contribution in [1.29, 1.82) is 0 Å². The number of aryl methyl sites for hydroxylation is 1. The summed E-state index contributed by atoms with van der Waals surface area (Å²) in [5.41, 5.74) is 0.553. The van der Waals surface area contributed by atoms with Gasteiger partial charge in [0.25, 0.3) is 0 Å². The maximum absolute atomic E-state index is 11.9. The summed E-state index contributed by atoms with van der Waals surface area (Å²) in [6.07, 6.45) is 3.33. The summed E-state index contributed by atoms with van der Waals surface area (Å²) in [5, 5.41) is 6.33. The zero-order valence-corrected chi connectivity index (χ0v) is 10.6. The third-order valence-electron chi connectivity index (χ3n) is 2.89. The molecule has 1 fully saturated rings. The van der Waals surface area contributed by atoms with E-state index in [1.54, 1.807) is 6.92 Å². The van der Waals surface area contributed by atoms with E-state index in [4.69, 9.17) is 4.74 Å². The Kier molecular flexibility index (Phi) is 3.80. The number of hydrogen-bond donors (Lipinski definition) is 2. The Bertz CT molecular complexity index is 463. The van der Waals surface area contributed by atoms with E-state index in [0.717, 1.165) is 19.4 Å². The lowest BCUT2D eigenvalue weighted by molar-refractivity contribution is 0.0568. The molecule has 1 saturated heterocycles. The number of aromatic amines is 1. The lowest BCUT2D eigenvalue weighted by atomic mass is 10.0. The van der Waals surface area contributed by atoms with Crippen LogP contribution in [0.5, 0.6) is 0 Å². The molecule has 6 nitrogen and oxygen atoms in total. The predicted molar refractivity (Wildman–Crippen MR) is 62.1 cm³/mol. The van der Waals surface area contributed by atoms with Crippen molar-refractivity contribution in [1.82, 2.24) is 14.9 Å². The minimum Gasteiger partial charge on any atom is -0.381 e. The highest BCUT2D eigenvalue weighted by Crippen LogP contribution is 2.15. The van der Waals surface area contributed by atoms with Gasteiger partial charge in [0, 0.05) is 13.2 Å². The number of nitrogens with zero attached hydrogens (tertiary/aromatic N) is 1. The van der Waals surface area contributed by atoms with Crippen LogP contribution in [0.15, 0.2) is 11.1 Å². The number of H-pyrrole nitrogens is 1. The Balaban J connectivity index is 1.96. The lowest BCUT2D eigenvalue weighted by Gasteiger charge is -2.22. The molecule has 1 aliphatic rings. The van der Waals surface area contributed by atoms with Gasteiger partial charge in [-0.15, -0.1) is 0 Å². The monoisotopic (exact) mass is 259 g/mol. The fourth-order valence-electron chi connectivity index (χ4n) is 1.88. The van der Waals surface area contributed by atoms with Crippen molar-refractivity contribution in [3.05, 3.63) is 11.9 Å². The summed E-state index contributed by atoms with van der Waals surface area (Å²) >= 11 is 0. The van der Waals surface area contributed by atoms with Crippen LogP contribution in [0.2, 0.25) is 0 Å². The first-order valence-corrected chi connectivity index (χ1v) is 7.15. The Morgan fingerprint density at radius 3 is 3.06 bits per heavy atom. The van der Waals surface area contributed by atoms with Gasteiger partial charge in [-0.05, 0) is 25.7 Å². The molecule has 0 saturated carbocycles. The molecule has 2 N–H and O–H groups in total. The van der Waals surface area contributed by atoms with E-state index in [-0.39, 0.29) is 10.8 Å². The van der Waals surface area contributed by atoms with Crippen molar-refractivity contribution >= 4 is 10.0 Å². The minimum absolute atomic E-state index is 0.217. The first-order valence-electron chi connectivity index (χ1n) is 5.67. The van der Waals surface area contributed by atoms with Crippen LogP contribution in [0.3, 0.4) is 0 Å². The molecule has 1 aliphatic heterocycles. The van der Waals surface area contributed by atoms with Crippen LogP contribution in [-0.2, 0) is 14.8 Å². The van der Waals surface area contributed by atoms with Crippen molar-refractivity contribution in [2.24, 2.45) is 5.92 Å². The van der Waals surface area contributed by atoms with Crippen LogP contribution in [0.1, 0.15) is 18.5 Å². The Labute approximate surface area is 101 Å². The molecule has 1 aromatic heterocycles. The third-order valence-corrected chi connectivity index (χ3v) is 4.43. The summed E-state index contributed by atoms with van der Waals surface area (Å²) < 4.78 is 31.8. The minimum atomic E-state index is -3.45. The van der Waals surface area contributed by atoms with E-state index >= 15 is 0 Å². The number of rotatable bonds is 4. The van der Waals surface area contributed by atoms with E-state index in [1.807, 2.05) is 0 Å². The summed E-state index contributed by atoms with van der Waals surface area (Å²) in [5.74, 6) is 0.269. The van der Waals surface area contributed by atoms with E-state index in [0.29, 0.717) is 18.8 Å². The molecule has 1 atom stereocenters. The van der Waals surface area contributed by atoms with Crippen LogP contribution in [0.25, 0.3) is 0 Å². The van der Waals surface area contributed by atoms with E-state index < -0.39 is 10.0 Å². The van der Waals surface area contributed by atoms with Crippen LogP contribution in [0.4, 0.5) is 0 Å². The van der Waals surface area contributed by atoms with E-state index in [9.17, 15) is 8.42 Å². The molecule has 7 heteroatoms. The maximum atomic E-state index is 11.9. The lowest BCUT2D eigenvalue weighted by Crippen LogP contribution is -2.33. The Morgan fingerprint density at radius 1 is 1.65 bits per heavy atom. The van der Waals surface area contributed by atoms with Crippen molar-refractivity contribution in [2.75, 3.05) is 19.8 Å². The maximum Gasteiger partial charge on any atom is 0.243 e. The topological polar surface area (TPSA) is 84.1 Å². The molecule has 0 aliphatic carbocycles. The summed E-state index contributed by atoms with van der Waals surface area (Å²) in [6, 6.07) is 0. The average Bonchev–Trinajstić information content (AvgIpc) is 2.75. The normalized spacial score (nSPS) is 21.6. The van der Waals surface area contributed by atoms with Crippen LogP contribution in [-0.4, -0.2) is 38.4 Å². The van der Waals surface area contributed by atoms with Crippen molar-refractivity contribution in [3.8, 4) is 0 Å². The van der Waals surface area contributed by atoms with Gasteiger partial charge in [-0.2, -0.15) is 5.10 Å². The molecule has 0 bridgehead atoms. The van der Waals surface area contributed by atoms with Gasteiger partial charge < -0.3 is 4.74 Å². The highest BCUT2D eigenvalue weighted by Gasteiger charge is 2.21. The standard InChI is InChI=1S/C10H17N3O3S/c1-8-10(6-11-13-8)17(14,15)12-5-9-3-2-4-16-7-9/h6,9,12H,2-5,7H2,1H3,(H,11,13). The van der Waals surface area contributed by atoms with Gasteiger partial charge in [0.2, 0.25) is 10.0 Å². The van der Waals surface area contributed by atoms with Crippen LogP contribution >= 0.6 is 0 Å². The molecule has 2 rings (SSSR count). The molecular formula is C10H17N3O3S. The third kappa shape index (κ3) is 3.05. The quantitative estimate of drug-likeness (QED) is 0.821. The average molecular weight is 259 g/mol. The number of nitrogens with one attached hydrogen (secondary N) is 2. The van der Waals surface area contributed by atoms with Crippen molar-refractivity contribution < 1.29 is 13.2 Å². The SMILES string of the molecule is Cc1[nH]ncc1S(=O)(=O)NCC1CCCOC1. The Hall–Kier alpha value is -0.920. The number of ether oxygens (including phenoxy) is 1. The second-order valence-electron chi connectivity index (χ2n) is 4.29. The zero-order chi connectivity index (χ0) is 12.3. The van der Waals surface area contributed by atoms with E-state index in [2.05, 4.69) is 14.9 Å². The molecule has 96 valence electrons. The van der Waals surface area contributed by atoms with Crippen molar-refractivity contribution in [3.63, 3.8) is 0 Å². The molecule has 2 heterocycles. The summed E-state index contributed by atoms with van der Waals surface area (Å²) in [4.78, 5) is 0.217. The van der Waals surface area contributed by atoms with Gasteiger partial charge >= 0.3 is 0 Å². The fourth-order valence-corrected chi connectivity index (χ4v) is 3.14. The van der Waals surface area contributed by atoms with Crippen LogP contribution in [0, 0.1) is 12.8 Å². The van der Waals surface area contributed by atoms with Crippen molar-refractivity contribution in [2.45, 2.75) is 24.7 Å². The molecule has 1 aromatic rings. The summed E-state index contributed by atoms with van der Waals surface area (Å²) in [7, 11) is -3.45. The van der Waals surface area contributed by atoms with Crippen LogP contribution < -0.4 is 4.72 Å². The smallest absolute Gasteiger partial charge is 0.243 e. The number of aromatic nitrogens is 2. The fraction of sp³-hybridized carbons (Fsp3) is 0.700. The first kappa shape index (κ1) is 12.5. The van der Waals surface area contributed by atoms with Gasteiger partial charge in [0.05, 0.1) is 18.5 Å². The predicted octanol–water partition coefficient (Wildman–Crippen LogP) is 0.423. The van der Waals surface area contributed by atoms with E-state index in [1.165, 1.54) is 6.20 Å². The second-order valence-corrected chi connectivity index (χ2v) is 6.03. The van der Waals surface area contributed by atoms with Gasteiger partial charge in [-0.3, -0.25) is 5.10 Å². The largest absolute Gasteiger partial charge is 0.381 e. The number of hydrogen-bond acceptors (Lipinski definition) is 4. The zero-order valence-electron chi connectivity index (χ0n) is 9.77. The highest BCUT2D eigenvalue weighted by atomic mass is 32.2. The molecule has 0 radical (unpaired) electrons. The number of sulfonamides is 1. The van der Waals surface area contributed by atoms with Gasteiger partial charge in [-0.1, -0.05) is 0 Å². The molecule has 0 aromatic carbocycles. The molecular weight excluding hydrogens is 242 g/mol. The Morgan fingerprint density at radius 2 is 2.47 bits per heavy atom. The van der Waals surface area contributed by atoms with Gasteiger partial charge in [-0.25, -0.2) is 13.1 Å². The molecule has 0 amide bonds. The molecule has 0 spiro atoms.